The zero-order valence-electron chi connectivity index (χ0n) is 38.3. The van der Waals surface area contributed by atoms with Crippen LogP contribution in [-0.2, 0) is 39.6 Å². The van der Waals surface area contributed by atoms with Crippen molar-refractivity contribution in [2.45, 2.75) is 91.7 Å². The smallest absolute Gasteiger partial charge is 0.416 e. The van der Waals surface area contributed by atoms with Crippen LogP contribution in [-0.4, -0.2) is 52.7 Å². The summed E-state index contributed by atoms with van der Waals surface area (Å²) >= 11 is 0. The number of nitrogens with one attached hydrogen (secondary N) is 5. The number of allylic oxidation sites excluding steroid dienone is 1. The number of carbonyl (C=O) groups is 5. The molecule has 4 aromatic carbocycles. The maximum Gasteiger partial charge on any atom is 0.416 e. The van der Waals surface area contributed by atoms with Gasteiger partial charge >= 0.3 is 18.3 Å². The molecule has 0 aliphatic carbocycles. The molecule has 0 heterocycles. The maximum absolute atomic E-state index is 13.3. The van der Waals surface area contributed by atoms with Crippen LogP contribution in [0.1, 0.15) is 97.4 Å². The van der Waals surface area contributed by atoms with Gasteiger partial charge in [-0.05, 0) is 104 Å². The molecule has 0 radical (unpaired) electrons. The summed E-state index contributed by atoms with van der Waals surface area (Å²) in [7, 11) is 0. The van der Waals surface area contributed by atoms with E-state index in [2.05, 4.69) is 38.2 Å². The van der Waals surface area contributed by atoms with E-state index in [0.717, 1.165) is 23.8 Å². The number of rotatable bonds is 18. The van der Waals surface area contributed by atoms with Gasteiger partial charge in [0.25, 0.3) is 11.8 Å². The lowest BCUT2D eigenvalue weighted by Gasteiger charge is -2.16. The Kier molecular flexibility index (Phi) is 19.7. The first-order valence-electron chi connectivity index (χ1n) is 21.2. The third-order valence-electron chi connectivity index (χ3n) is 9.28. The van der Waals surface area contributed by atoms with Gasteiger partial charge in [0.05, 0.1) is 16.8 Å². The minimum Gasteiger partial charge on any atom is -0.480 e. The van der Waals surface area contributed by atoms with Crippen molar-refractivity contribution in [2.75, 3.05) is 16.0 Å². The zero-order valence-corrected chi connectivity index (χ0v) is 38.3. The van der Waals surface area contributed by atoms with Crippen molar-refractivity contribution in [3.05, 3.63) is 131 Å². The van der Waals surface area contributed by atoms with Crippen molar-refractivity contribution in [2.24, 2.45) is 28.3 Å². The SMILES string of the molecule is C=C(C)Nc1cc(C(=O)Nc2ccc(CC(C)NC(=O)CC(C)C)cc2)cc(C(F)(F)F)c1.CC(C)CC(=O)NC(Cc1ccc(NC(=O)c2cc(N=C(N)N)cc(C(F)(F)F)c2)cc1)C(=O)O. The average molecular weight is 955 g/mol. The summed E-state index contributed by atoms with van der Waals surface area (Å²) < 4.78 is 79.4. The molecule has 4 aromatic rings. The molecule has 20 heteroatoms. The fraction of sp³-hybridized carbons (Fsp3) is 0.333. The molecule has 0 aromatic heterocycles. The summed E-state index contributed by atoms with van der Waals surface area (Å²) in [5.41, 5.74) is 10.6. The number of carbonyl (C=O) groups excluding carboxylic acids is 4. The number of carboxylic acids is 1. The summed E-state index contributed by atoms with van der Waals surface area (Å²) in [5, 5.41) is 22.6. The summed E-state index contributed by atoms with van der Waals surface area (Å²) in [6.07, 6.45) is -8.05. The lowest BCUT2D eigenvalue weighted by atomic mass is 10.0. The molecule has 0 saturated heterocycles. The monoisotopic (exact) mass is 954 g/mol. The Hall–Kier alpha value is -7.38. The predicted molar refractivity (Wildman–Crippen MR) is 249 cm³/mol. The standard InChI is InChI=1S/C25H30F3N3O2.C23H26F3N5O4/c1-15(2)10-23(32)30-17(5)11-18-6-8-21(9-7-18)31-24(33)19-12-20(25(26,27)28)14-22(13-19)29-16(3)4;1-12(2)7-19(32)31-18(21(34)35)8-13-3-5-16(6-4-13)29-20(33)14-9-15(23(24,25)26)11-17(10-14)30-22(27)28/h6-9,12-15,17,29H,3,10-11H2,1-2,4-5H3,(H,30,32)(H,31,33);3-6,9-12,18H,7-8H2,1-2H3,(H,29,33)(H,31,32)(H,34,35)(H4,27,28,30). The van der Waals surface area contributed by atoms with Crippen LogP contribution in [0.25, 0.3) is 0 Å². The van der Waals surface area contributed by atoms with Crippen LogP contribution in [0.4, 0.5) is 49.1 Å². The number of nitrogens with two attached hydrogens (primary N) is 2. The van der Waals surface area contributed by atoms with E-state index in [9.17, 15) is 55.4 Å². The molecule has 366 valence electrons. The number of hydrogen-bond acceptors (Lipinski definition) is 7. The average Bonchev–Trinajstić information content (AvgIpc) is 3.20. The number of aliphatic carboxylic acids is 1. The highest BCUT2D eigenvalue weighted by Crippen LogP contribution is 2.34. The van der Waals surface area contributed by atoms with Gasteiger partial charge in [-0.15, -0.1) is 0 Å². The van der Waals surface area contributed by atoms with Crippen LogP contribution in [0, 0.1) is 11.8 Å². The summed E-state index contributed by atoms with van der Waals surface area (Å²) in [6, 6.07) is 17.4. The molecule has 0 spiro atoms. The zero-order chi connectivity index (χ0) is 51.1. The number of aliphatic imine (C=N–C) groups is 1. The molecule has 0 aliphatic rings. The first kappa shape index (κ1) is 55.0. The Morgan fingerprint density at radius 1 is 0.618 bits per heavy atom. The summed E-state index contributed by atoms with van der Waals surface area (Å²) in [5.74, 6) is -3.18. The van der Waals surface area contributed by atoms with Crippen LogP contribution in [0.5, 0.6) is 0 Å². The minimum absolute atomic E-state index is 0.00276. The van der Waals surface area contributed by atoms with Crippen molar-refractivity contribution in [3.63, 3.8) is 0 Å². The Morgan fingerprint density at radius 3 is 1.49 bits per heavy atom. The van der Waals surface area contributed by atoms with E-state index in [1.807, 2.05) is 34.6 Å². The van der Waals surface area contributed by atoms with Crippen LogP contribution >= 0.6 is 0 Å². The van der Waals surface area contributed by atoms with E-state index < -0.39 is 53.3 Å². The second-order valence-corrected chi connectivity index (χ2v) is 16.8. The second-order valence-electron chi connectivity index (χ2n) is 16.8. The normalized spacial score (nSPS) is 12.1. The molecule has 0 fully saturated rings. The van der Waals surface area contributed by atoms with Gasteiger partial charge in [0.1, 0.15) is 6.04 Å². The van der Waals surface area contributed by atoms with E-state index in [4.69, 9.17) is 11.5 Å². The molecule has 4 amide bonds. The summed E-state index contributed by atoms with van der Waals surface area (Å²) in [6.45, 7) is 14.8. The topological polar surface area (TPSA) is 230 Å². The van der Waals surface area contributed by atoms with Crippen molar-refractivity contribution in [3.8, 4) is 0 Å². The van der Waals surface area contributed by atoms with Crippen LogP contribution < -0.4 is 38.1 Å². The van der Waals surface area contributed by atoms with Gasteiger partial charge in [-0.1, -0.05) is 58.5 Å². The van der Waals surface area contributed by atoms with Crippen molar-refractivity contribution in [1.82, 2.24) is 10.6 Å². The van der Waals surface area contributed by atoms with Gasteiger partial charge in [-0.2, -0.15) is 26.3 Å². The molecule has 10 N–H and O–H groups in total. The third kappa shape index (κ3) is 19.2. The van der Waals surface area contributed by atoms with Crippen molar-refractivity contribution < 1.29 is 55.4 Å². The van der Waals surface area contributed by atoms with E-state index >= 15 is 0 Å². The predicted octanol–water partition coefficient (Wildman–Crippen LogP) is 9.02. The van der Waals surface area contributed by atoms with Gasteiger partial charge in [0.15, 0.2) is 5.96 Å². The number of amides is 4. The molecular formula is C48H56F6N8O6. The number of anilines is 3. The number of carboxylic acid groups (broad SMARTS) is 1. The van der Waals surface area contributed by atoms with Gasteiger partial charge < -0.3 is 43.2 Å². The Balaban J connectivity index is 0.000000361. The van der Waals surface area contributed by atoms with Crippen LogP contribution in [0.2, 0.25) is 0 Å². The summed E-state index contributed by atoms with van der Waals surface area (Å²) in [4.78, 5) is 64.1. The lowest BCUT2D eigenvalue weighted by molar-refractivity contribution is -0.142. The first-order valence-corrected chi connectivity index (χ1v) is 21.2. The number of hydrogen-bond donors (Lipinski definition) is 8. The number of alkyl halides is 6. The van der Waals surface area contributed by atoms with Crippen molar-refractivity contribution in [1.29, 1.82) is 0 Å². The van der Waals surface area contributed by atoms with Crippen molar-refractivity contribution >= 4 is 58.3 Å². The van der Waals surface area contributed by atoms with Crippen LogP contribution in [0.15, 0.2) is 102 Å². The molecule has 0 bridgehead atoms. The fourth-order valence-corrected chi connectivity index (χ4v) is 6.38. The number of benzene rings is 4. The van der Waals surface area contributed by atoms with Gasteiger partial charge in [0, 0.05) is 59.2 Å². The minimum atomic E-state index is -4.73. The highest BCUT2D eigenvalue weighted by atomic mass is 19.4. The second kappa shape index (κ2) is 24.4. The quantitative estimate of drug-likeness (QED) is 0.0270. The van der Waals surface area contributed by atoms with E-state index in [1.54, 1.807) is 31.2 Å². The highest BCUT2D eigenvalue weighted by Gasteiger charge is 2.33. The molecule has 68 heavy (non-hydrogen) atoms. The van der Waals surface area contributed by atoms with Crippen LogP contribution in [0.3, 0.4) is 0 Å². The van der Waals surface area contributed by atoms with E-state index in [0.29, 0.717) is 41.9 Å². The lowest BCUT2D eigenvalue weighted by Crippen LogP contribution is -2.42. The molecule has 2 unspecified atom stereocenters. The molecule has 2 atom stereocenters. The number of halogens is 6. The van der Waals surface area contributed by atoms with Gasteiger partial charge in [-0.25, -0.2) is 9.79 Å². The van der Waals surface area contributed by atoms with Gasteiger partial charge in [0.2, 0.25) is 11.8 Å². The fourth-order valence-electron chi connectivity index (χ4n) is 6.38. The molecule has 14 nitrogen and oxygen atoms in total. The Labute approximate surface area is 390 Å². The molecule has 0 saturated carbocycles. The Bertz CT molecular complexity index is 2450. The van der Waals surface area contributed by atoms with E-state index in [1.165, 1.54) is 30.3 Å². The third-order valence-corrected chi connectivity index (χ3v) is 9.28. The van der Waals surface area contributed by atoms with Gasteiger partial charge in [-0.3, -0.25) is 19.2 Å². The molecular weight excluding hydrogens is 899 g/mol. The first-order chi connectivity index (χ1) is 31.6. The number of nitrogens with zero attached hydrogens (tertiary/aromatic N) is 1. The Morgan fingerprint density at radius 2 is 1.06 bits per heavy atom. The molecule has 4 rings (SSSR count). The largest absolute Gasteiger partial charge is 0.480 e. The number of guanidine groups is 1. The maximum atomic E-state index is 13.3. The molecule has 0 aliphatic heterocycles. The highest BCUT2D eigenvalue weighted by molar-refractivity contribution is 6.06. The van der Waals surface area contributed by atoms with E-state index in [-0.39, 0.29) is 70.7 Å².